The second-order valence-corrected chi connectivity index (χ2v) is 3.43. The van der Waals surface area contributed by atoms with Gasteiger partial charge in [0.25, 0.3) is 0 Å². The van der Waals surface area contributed by atoms with Gasteiger partial charge in [0.1, 0.15) is 0 Å². The van der Waals surface area contributed by atoms with Gasteiger partial charge in [0.2, 0.25) is 6.29 Å². The summed E-state index contributed by atoms with van der Waals surface area (Å²) in [5.41, 5.74) is 1.02. The summed E-state index contributed by atoms with van der Waals surface area (Å²) in [5, 5.41) is 0. The number of hydrogen-bond acceptors (Lipinski definition) is 5. The van der Waals surface area contributed by atoms with E-state index in [1.165, 1.54) is 0 Å². The van der Waals surface area contributed by atoms with Crippen LogP contribution < -0.4 is 0 Å². The minimum Gasteiger partial charge on any atom is -0.462 e. The van der Waals surface area contributed by atoms with Crippen molar-refractivity contribution in [2.24, 2.45) is 0 Å². The fraction of sp³-hybridized carbons (Fsp3) is 0.538. The molecule has 0 aliphatic heterocycles. The zero-order valence-corrected chi connectivity index (χ0v) is 11.0. The molecule has 1 heterocycles. The number of rotatable bonds is 7. The summed E-state index contributed by atoms with van der Waals surface area (Å²) in [6.45, 7) is 6.88. The highest BCUT2D eigenvalue weighted by molar-refractivity contribution is 5.89. The summed E-state index contributed by atoms with van der Waals surface area (Å²) in [4.78, 5) is 15.8. The Morgan fingerprint density at radius 3 is 2.44 bits per heavy atom. The molecule has 0 radical (unpaired) electrons. The standard InChI is InChI=1S/C13H19NO4/c1-4-16-12(15)10-7-8-14-11(9-10)13(17-5-2)18-6-3/h7-9,13H,4-6H2,1-3H3. The summed E-state index contributed by atoms with van der Waals surface area (Å²) < 4.78 is 15.8. The highest BCUT2D eigenvalue weighted by atomic mass is 16.7. The van der Waals surface area contributed by atoms with Gasteiger partial charge in [0, 0.05) is 19.4 Å². The zero-order chi connectivity index (χ0) is 13.4. The van der Waals surface area contributed by atoms with Gasteiger partial charge in [-0.2, -0.15) is 0 Å². The molecule has 100 valence electrons. The SMILES string of the molecule is CCOC(=O)c1ccnc(C(OCC)OCC)c1. The third-order valence-electron chi connectivity index (χ3n) is 2.17. The lowest BCUT2D eigenvalue weighted by Gasteiger charge is -2.16. The number of esters is 1. The first-order valence-corrected chi connectivity index (χ1v) is 6.09. The molecule has 5 heteroatoms. The molecule has 0 N–H and O–H groups in total. The van der Waals surface area contributed by atoms with Crippen molar-refractivity contribution in [2.45, 2.75) is 27.1 Å². The molecule has 1 rings (SSSR count). The number of nitrogens with zero attached hydrogens (tertiary/aromatic N) is 1. The van der Waals surface area contributed by atoms with E-state index in [-0.39, 0.29) is 5.97 Å². The van der Waals surface area contributed by atoms with Gasteiger partial charge < -0.3 is 14.2 Å². The average molecular weight is 253 g/mol. The lowest BCUT2D eigenvalue weighted by Crippen LogP contribution is -2.12. The molecule has 0 amide bonds. The van der Waals surface area contributed by atoms with Crippen LogP contribution in [0.1, 0.15) is 43.1 Å². The maximum absolute atomic E-state index is 11.6. The number of carbonyl (C=O) groups excluding carboxylic acids is 1. The number of aromatic nitrogens is 1. The molecule has 0 saturated carbocycles. The van der Waals surface area contributed by atoms with E-state index in [2.05, 4.69) is 4.98 Å². The quantitative estimate of drug-likeness (QED) is 0.551. The van der Waals surface area contributed by atoms with Crippen LogP contribution in [-0.2, 0) is 14.2 Å². The molecule has 0 atom stereocenters. The van der Waals surface area contributed by atoms with Gasteiger partial charge in [0.15, 0.2) is 0 Å². The molecule has 1 aromatic heterocycles. The van der Waals surface area contributed by atoms with Crippen LogP contribution in [0.5, 0.6) is 0 Å². The van der Waals surface area contributed by atoms with Crippen LogP contribution in [0.2, 0.25) is 0 Å². The van der Waals surface area contributed by atoms with Crippen LogP contribution in [0.25, 0.3) is 0 Å². The van der Waals surface area contributed by atoms with Crippen LogP contribution >= 0.6 is 0 Å². The topological polar surface area (TPSA) is 57.7 Å². The summed E-state index contributed by atoms with van der Waals surface area (Å²) in [7, 11) is 0. The summed E-state index contributed by atoms with van der Waals surface area (Å²) in [5.74, 6) is -0.368. The lowest BCUT2D eigenvalue weighted by atomic mass is 10.2. The third kappa shape index (κ3) is 4.09. The number of carbonyl (C=O) groups is 1. The zero-order valence-electron chi connectivity index (χ0n) is 11.0. The van der Waals surface area contributed by atoms with Crippen LogP contribution in [0, 0.1) is 0 Å². The van der Waals surface area contributed by atoms with Crippen molar-refractivity contribution in [3.8, 4) is 0 Å². The average Bonchev–Trinajstić information content (AvgIpc) is 2.39. The van der Waals surface area contributed by atoms with Crippen molar-refractivity contribution in [3.05, 3.63) is 29.6 Å². The maximum atomic E-state index is 11.6. The number of pyridine rings is 1. The minimum absolute atomic E-state index is 0.344. The van der Waals surface area contributed by atoms with Crippen molar-refractivity contribution in [1.82, 2.24) is 4.98 Å². The second kappa shape index (κ2) is 7.79. The van der Waals surface area contributed by atoms with Crippen LogP contribution in [0.4, 0.5) is 0 Å². The predicted molar refractivity (Wildman–Crippen MR) is 66.2 cm³/mol. The highest BCUT2D eigenvalue weighted by Crippen LogP contribution is 2.18. The maximum Gasteiger partial charge on any atom is 0.338 e. The van der Waals surface area contributed by atoms with Crippen molar-refractivity contribution in [1.29, 1.82) is 0 Å². The summed E-state index contributed by atoms with van der Waals surface area (Å²) >= 11 is 0. The number of ether oxygens (including phenoxy) is 3. The van der Waals surface area contributed by atoms with Gasteiger partial charge in [-0.3, -0.25) is 4.98 Å². The van der Waals surface area contributed by atoms with E-state index in [9.17, 15) is 4.79 Å². The van der Waals surface area contributed by atoms with E-state index in [4.69, 9.17) is 14.2 Å². The van der Waals surface area contributed by atoms with Gasteiger partial charge in [-0.15, -0.1) is 0 Å². The van der Waals surface area contributed by atoms with E-state index < -0.39 is 6.29 Å². The van der Waals surface area contributed by atoms with Gasteiger partial charge in [-0.25, -0.2) is 4.79 Å². The molecule has 18 heavy (non-hydrogen) atoms. The van der Waals surface area contributed by atoms with Gasteiger partial charge in [-0.05, 0) is 32.9 Å². The molecule has 0 bridgehead atoms. The Morgan fingerprint density at radius 2 is 1.89 bits per heavy atom. The molecule has 0 spiro atoms. The van der Waals surface area contributed by atoms with Crippen molar-refractivity contribution in [2.75, 3.05) is 19.8 Å². The van der Waals surface area contributed by atoms with E-state index in [1.807, 2.05) is 13.8 Å². The predicted octanol–water partition coefficient (Wildman–Crippen LogP) is 2.33. The van der Waals surface area contributed by atoms with Gasteiger partial charge in [-0.1, -0.05) is 0 Å². The van der Waals surface area contributed by atoms with Crippen LogP contribution in [0.3, 0.4) is 0 Å². The van der Waals surface area contributed by atoms with E-state index in [0.717, 1.165) is 0 Å². The Morgan fingerprint density at radius 1 is 1.22 bits per heavy atom. The molecule has 0 aliphatic carbocycles. The Balaban J connectivity index is 2.87. The summed E-state index contributed by atoms with van der Waals surface area (Å²) in [6, 6.07) is 3.24. The van der Waals surface area contributed by atoms with E-state index >= 15 is 0 Å². The molecule has 1 aromatic rings. The van der Waals surface area contributed by atoms with Crippen molar-refractivity contribution in [3.63, 3.8) is 0 Å². The smallest absolute Gasteiger partial charge is 0.338 e. The molecule has 0 aliphatic rings. The second-order valence-electron chi connectivity index (χ2n) is 3.43. The Bertz CT molecular complexity index is 375. The molecule has 0 aromatic carbocycles. The molecule has 5 nitrogen and oxygen atoms in total. The Labute approximate surface area is 107 Å². The monoisotopic (exact) mass is 253 g/mol. The first-order valence-electron chi connectivity index (χ1n) is 6.09. The van der Waals surface area contributed by atoms with Gasteiger partial charge >= 0.3 is 5.97 Å². The van der Waals surface area contributed by atoms with Crippen molar-refractivity contribution >= 4 is 5.97 Å². The molecule has 0 fully saturated rings. The lowest BCUT2D eigenvalue weighted by molar-refractivity contribution is -0.142. The Kier molecular flexibility index (Phi) is 6.32. The Hall–Kier alpha value is -1.46. The molecular formula is C13H19NO4. The minimum atomic E-state index is -0.547. The fourth-order valence-electron chi connectivity index (χ4n) is 1.44. The van der Waals surface area contributed by atoms with Crippen LogP contribution in [-0.4, -0.2) is 30.8 Å². The summed E-state index contributed by atoms with van der Waals surface area (Å²) in [6.07, 6.45) is 1.00. The van der Waals surface area contributed by atoms with E-state index in [1.54, 1.807) is 25.3 Å². The highest BCUT2D eigenvalue weighted by Gasteiger charge is 2.15. The number of hydrogen-bond donors (Lipinski definition) is 0. The third-order valence-corrected chi connectivity index (χ3v) is 2.17. The normalized spacial score (nSPS) is 10.7. The first-order chi connectivity index (χ1) is 8.72. The largest absolute Gasteiger partial charge is 0.462 e. The first kappa shape index (κ1) is 14.6. The fourth-order valence-corrected chi connectivity index (χ4v) is 1.44. The molecule has 0 saturated heterocycles. The van der Waals surface area contributed by atoms with Gasteiger partial charge in [0.05, 0.1) is 17.9 Å². The molecular weight excluding hydrogens is 234 g/mol. The van der Waals surface area contributed by atoms with Crippen molar-refractivity contribution < 1.29 is 19.0 Å². The van der Waals surface area contributed by atoms with Crippen LogP contribution in [0.15, 0.2) is 18.3 Å². The molecule has 0 unspecified atom stereocenters. The van der Waals surface area contributed by atoms with E-state index in [0.29, 0.717) is 31.1 Å².